The molecule has 2 amide bonds. The first-order chi connectivity index (χ1) is 22.1. The number of piperazine rings is 1. The van der Waals surface area contributed by atoms with Crippen molar-refractivity contribution in [1.29, 1.82) is 0 Å². The van der Waals surface area contributed by atoms with E-state index in [9.17, 15) is 23.1 Å². The second-order valence-electron chi connectivity index (χ2n) is 13.8. The van der Waals surface area contributed by atoms with E-state index in [1.165, 1.54) is 19.3 Å². The van der Waals surface area contributed by atoms with Gasteiger partial charge in [0.2, 0.25) is 10.0 Å². The quantitative estimate of drug-likeness (QED) is 0.368. The van der Waals surface area contributed by atoms with Crippen LogP contribution in [0.25, 0.3) is 0 Å². The van der Waals surface area contributed by atoms with Crippen LogP contribution in [-0.4, -0.2) is 62.2 Å². The van der Waals surface area contributed by atoms with Crippen LogP contribution in [0.15, 0.2) is 72.8 Å². The zero-order chi connectivity index (χ0) is 31.9. The first kappa shape index (κ1) is 30.4. The van der Waals surface area contributed by atoms with E-state index >= 15 is 0 Å². The molecule has 9 heteroatoms. The van der Waals surface area contributed by atoms with Crippen LogP contribution in [-0.2, 0) is 10.0 Å². The molecule has 1 heterocycles. The van der Waals surface area contributed by atoms with Gasteiger partial charge in [-0.2, -0.15) is 0 Å². The standard InChI is InChI=1S/C37H39N3O5S/c41-33-6-3-4-26(21-33)8-9-30-5-1-2-7-34(30)36(43)40-16-14-39(15-17-40)32-12-10-31(11-13-32)35(42)38-46(44,45)25-37-22-27-18-28(23-37)20-29(19-27)24-37/h1-7,10-13,21,27-29,41H,14-20,22-25H2,(H,38,42). The molecule has 1 saturated heterocycles. The van der Waals surface area contributed by atoms with Gasteiger partial charge in [-0.15, -0.1) is 0 Å². The maximum absolute atomic E-state index is 13.5. The van der Waals surface area contributed by atoms with Crippen LogP contribution in [0.1, 0.15) is 70.4 Å². The first-order valence-electron chi connectivity index (χ1n) is 16.2. The van der Waals surface area contributed by atoms with Gasteiger partial charge in [-0.05, 0) is 116 Å². The number of hydrogen-bond acceptors (Lipinski definition) is 6. The van der Waals surface area contributed by atoms with E-state index in [4.69, 9.17) is 0 Å². The van der Waals surface area contributed by atoms with E-state index in [0.29, 0.717) is 66.2 Å². The maximum atomic E-state index is 13.5. The number of amides is 2. The third-order valence-corrected chi connectivity index (χ3v) is 11.8. The number of sulfonamides is 1. The minimum atomic E-state index is -3.75. The molecule has 3 aromatic rings. The second kappa shape index (κ2) is 12.1. The van der Waals surface area contributed by atoms with E-state index in [1.54, 1.807) is 42.5 Å². The molecule has 4 bridgehead atoms. The van der Waals surface area contributed by atoms with Crippen molar-refractivity contribution in [3.8, 4) is 17.6 Å². The van der Waals surface area contributed by atoms with Crippen molar-refractivity contribution in [1.82, 2.24) is 9.62 Å². The lowest BCUT2D eigenvalue weighted by Gasteiger charge is -2.56. The highest BCUT2D eigenvalue weighted by Gasteiger charge is 2.52. The summed E-state index contributed by atoms with van der Waals surface area (Å²) < 4.78 is 28.7. The molecule has 0 aromatic heterocycles. The SMILES string of the molecule is O=C(NS(=O)(=O)CC12CC3CC(CC(C3)C1)C2)c1ccc(N2CCN(C(=O)c3ccccc3C#Cc3cccc(O)c3)CC2)cc1. The maximum Gasteiger partial charge on any atom is 0.264 e. The molecule has 0 spiro atoms. The van der Waals surface area contributed by atoms with Crippen molar-refractivity contribution < 1.29 is 23.1 Å². The molecule has 0 radical (unpaired) electrons. The molecule has 4 saturated carbocycles. The number of hydrogen-bond donors (Lipinski definition) is 2. The number of rotatable bonds is 6. The summed E-state index contributed by atoms with van der Waals surface area (Å²) in [6.07, 6.45) is 6.66. The van der Waals surface area contributed by atoms with Gasteiger partial charge in [0.15, 0.2) is 0 Å². The number of nitrogens with one attached hydrogen (secondary N) is 1. The Morgan fingerprint density at radius 1 is 0.826 bits per heavy atom. The van der Waals surface area contributed by atoms with Gasteiger partial charge in [0.1, 0.15) is 5.75 Å². The van der Waals surface area contributed by atoms with Gasteiger partial charge >= 0.3 is 0 Å². The van der Waals surface area contributed by atoms with Crippen LogP contribution in [0, 0.1) is 35.0 Å². The van der Waals surface area contributed by atoms with Gasteiger partial charge in [-0.25, -0.2) is 13.1 Å². The van der Waals surface area contributed by atoms with Crippen LogP contribution in [0.4, 0.5) is 5.69 Å². The summed E-state index contributed by atoms with van der Waals surface area (Å²) in [5.41, 5.74) is 2.90. The number of phenols is 1. The third-order valence-electron chi connectivity index (χ3n) is 10.3. The lowest BCUT2D eigenvalue weighted by Crippen LogP contribution is -2.51. The molecule has 8 nitrogen and oxygen atoms in total. The Morgan fingerprint density at radius 2 is 1.48 bits per heavy atom. The predicted molar refractivity (Wildman–Crippen MR) is 177 cm³/mol. The second-order valence-corrected chi connectivity index (χ2v) is 15.5. The Bertz CT molecular complexity index is 1780. The van der Waals surface area contributed by atoms with Gasteiger partial charge in [0, 0.05) is 48.6 Å². The number of phenolic OH excluding ortho intramolecular Hbond substituents is 1. The Balaban J connectivity index is 0.945. The van der Waals surface area contributed by atoms with Crippen LogP contribution in [0.5, 0.6) is 5.75 Å². The summed E-state index contributed by atoms with van der Waals surface area (Å²) in [4.78, 5) is 30.4. The highest BCUT2D eigenvalue weighted by molar-refractivity contribution is 7.90. The number of carbonyl (C=O) groups is 2. The molecular formula is C37H39N3O5S. The Hall–Kier alpha value is -4.29. The smallest absolute Gasteiger partial charge is 0.264 e. The molecule has 1 aliphatic heterocycles. The summed E-state index contributed by atoms with van der Waals surface area (Å²) in [5, 5.41) is 9.72. The van der Waals surface area contributed by atoms with E-state index in [2.05, 4.69) is 21.5 Å². The number of benzene rings is 3. The molecule has 8 rings (SSSR count). The zero-order valence-electron chi connectivity index (χ0n) is 25.8. The predicted octanol–water partition coefficient (Wildman–Crippen LogP) is 5.03. The molecular weight excluding hydrogens is 598 g/mol. The molecule has 46 heavy (non-hydrogen) atoms. The molecule has 5 fully saturated rings. The summed E-state index contributed by atoms with van der Waals surface area (Å²) in [6.45, 7) is 2.29. The van der Waals surface area contributed by atoms with E-state index in [0.717, 1.165) is 24.9 Å². The number of anilines is 1. The number of aromatic hydroxyl groups is 1. The molecule has 5 aliphatic rings. The van der Waals surface area contributed by atoms with E-state index < -0.39 is 15.9 Å². The molecule has 4 aliphatic carbocycles. The van der Waals surface area contributed by atoms with E-state index in [1.807, 2.05) is 35.2 Å². The summed E-state index contributed by atoms with van der Waals surface area (Å²) in [7, 11) is -3.75. The van der Waals surface area contributed by atoms with Crippen LogP contribution >= 0.6 is 0 Å². The van der Waals surface area contributed by atoms with E-state index in [-0.39, 0.29) is 22.8 Å². The minimum absolute atomic E-state index is 0.0466. The molecule has 238 valence electrons. The van der Waals surface area contributed by atoms with Gasteiger partial charge in [-0.1, -0.05) is 30.0 Å². The topological polar surface area (TPSA) is 107 Å². The Morgan fingerprint density at radius 3 is 2.13 bits per heavy atom. The number of carbonyl (C=O) groups excluding carboxylic acids is 2. The first-order valence-corrected chi connectivity index (χ1v) is 17.9. The monoisotopic (exact) mass is 637 g/mol. The third kappa shape index (κ3) is 6.50. The lowest BCUT2D eigenvalue weighted by molar-refractivity contribution is -0.0391. The van der Waals surface area contributed by atoms with Crippen molar-refractivity contribution in [3.05, 3.63) is 95.1 Å². The lowest BCUT2D eigenvalue weighted by atomic mass is 9.50. The highest BCUT2D eigenvalue weighted by atomic mass is 32.2. The van der Waals surface area contributed by atoms with Gasteiger partial charge in [-0.3, -0.25) is 9.59 Å². The summed E-state index contributed by atoms with van der Waals surface area (Å²) in [6, 6.07) is 21.0. The molecule has 0 unspecified atom stereocenters. The van der Waals surface area contributed by atoms with Crippen LogP contribution in [0.2, 0.25) is 0 Å². The minimum Gasteiger partial charge on any atom is -0.508 e. The van der Waals surface area contributed by atoms with Gasteiger partial charge in [0.25, 0.3) is 11.8 Å². The van der Waals surface area contributed by atoms with Crippen LogP contribution in [0.3, 0.4) is 0 Å². The van der Waals surface area contributed by atoms with Crippen molar-refractivity contribution in [3.63, 3.8) is 0 Å². The normalized spacial score (nSPS) is 25.1. The fourth-order valence-electron chi connectivity index (χ4n) is 8.77. The Labute approximate surface area is 270 Å². The summed E-state index contributed by atoms with van der Waals surface area (Å²) >= 11 is 0. The average Bonchev–Trinajstić information content (AvgIpc) is 3.02. The van der Waals surface area contributed by atoms with Crippen molar-refractivity contribution >= 4 is 27.5 Å². The van der Waals surface area contributed by atoms with Crippen molar-refractivity contribution in [2.24, 2.45) is 23.2 Å². The van der Waals surface area contributed by atoms with Gasteiger partial charge < -0.3 is 14.9 Å². The highest BCUT2D eigenvalue weighted by Crippen LogP contribution is 2.60. The summed E-state index contributed by atoms with van der Waals surface area (Å²) in [5.74, 6) is 7.58. The molecule has 2 N–H and O–H groups in total. The van der Waals surface area contributed by atoms with Crippen molar-refractivity contribution in [2.75, 3.05) is 36.8 Å². The van der Waals surface area contributed by atoms with Gasteiger partial charge in [0.05, 0.1) is 11.3 Å². The Kier molecular flexibility index (Phi) is 8.02. The van der Waals surface area contributed by atoms with Crippen LogP contribution < -0.4 is 9.62 Å². The fourth-order valence-corrected chi connectivity index (χ4v) is 10.4. The van der Waals surface area contributed by atoms with Crippen molar-refractivity contribution in [2.45, 2.75) is 38.5 Å². The molecule has 3 aromatic carbocycles. The zero-order valence-corrected chi connectivity index (χ0v) is 26.6. The average molecular weight is 638 g/mol. The largest absolute Gasteiger partial charge is 0.508 e. The fraction of sp³-hybridized carbons (Fsp3) is 0.405. The number of nitrogens with zero attached hydrogens (tertiary/aromatic N) is 2. The molecule has 0 atom stereocenters.